The maximum Gasteiger partial charge on any atom is 0.184 e. The molecule has 0 radical (unpaired) electrons. The van der Waals surface area contributed by atoms with Crippen LogP contribution in [0.15, 0.2) is 53.6 Å². The molecule has 0 bridgehead atoms. The third kappa shape index (κ3) is 5.17. The molecule has 0 spiro atoms. The molecule has 0 aliphatic carbocycles. The maximum absolute atomic E-state index is 11.2. The monoisotopic (exact) mass is 341 g/mol. The van der Waals surface area contributed by atoms with Crippen molar-refractivity contribution >= 4 is 28.8 Å². The van der Waals surface area contributed by atoms with Crippen LogP contribution in [0.25, 0.3) is 0 Å². The van der Waals surface area contributed by atoms with Crippen LogP contribution in [-0.2, 0) is 6.61 Å². The quantitative estimate of drug-likeness (QED) is 0.365. The minimum atomic E-state index is 0.0555. The summed E-state index contributed by atoms with van der Waals surface area (Å²) in [7, 11) is 0. The molecule has 3 N–H and O–H groups in total. The average Bonchev–Trinajstić information content (AvgIpc) is 2.58. The molecule has 0 aliphatic rings. The van der Waals surface area contributed by atoms with Gasteiger partial charge in [0.25, 0.3) is 0 Å². The third-order valence-electron chi connectivity index (χ3n) is 3.37. The van der Waals surface area contributed by atoms with Gasteiger partial charge in [0.1, 0.15) is 12.4 Å². The summed E-state index contributed by atoms with van der Waals surface area (Å²) in [6, 6.07) is 15.0. The second kappa shape index (κ2) is 8.21. The van der Waals surface area contributed by atoms with Gasteiger partial charge in [0.15, 0.2) is 10.9 Å². The molecule has 0 unspecified atom stereocenters. The zero-order valence-corrected chi connectivity index (χ0v) is 14.4. The number of carbonyl (C=O) groups is 1. The topological polar surface area (TPSA) is 76.7 Å². The molecule has 6 heteroatoms. The van der Waals surface area contributed by atoms with Gasteiger partial charge in [-0.25, -0.2) is 0 Å². The summed E-state index contributed by atoms with van der Waals surface area (Å²) in [6.07, 6.45) is 0. The van der Waals surface area contributed by atoms with Crippen LogP contribution in [-0.4, -0.2) is 16.6 Å². The van der Waals surface area contributed by atoms with Crippen molar-refractivity contribution in [1.82, 2.24) is 5.43 Å². The van der Waals surface area contributed by atoms with Gasteiger partial charge in [-0.15, -0.1) is 0 Å². The third-order valence-corrected chi connectivity index (χ3v) is 3.46. The largest absolute Gasteiger partial charge is 0.489 e. The predicted molar refractivity (Wildman–Crippen MR) is 99.4 cm³/mol. The first-order valence-electron chi connectivity index (χ1n) is 7.38. The molecular weight excluding hydrogens is 322 g/mol. The summed E-state index contributed by atoms with van der Waals surface area (Å²) in [5, 5.41) is 4.20. The first-order valence-corrected chi connectivity index (χ1v) is 7.79. The van der Waals surface area contributed by atoms with E-state index in [9.17, 15) is 4.79 Å². The Hall–Kier alpha value is -2.73. The molecule has 2 aromatic carbocycles. The molecule has 0 aliphatic heterocycles. The molecule has 5 nitrogen and oxygen atoms in total. The minimum Gasteiger partial charge on any atom is -0.489 e. The van der Waals surface area contributed by atoms with E-state index in [1.165, 1.54) is 0 Å². The Balaban J connectivity index is 1.95. The van der Waals surface area contributed by atoms with E-state index < -0.39 is 0 Å². The number of nitrogens with zero attached hydrogens (tertiary/aromatic N) is 1. The highest BCUT2D eigenvalue weighted by Crippen LogP contribution is 2.15. The van der Waals surface area contributed by atoms with Crippen molar-refractivity contribution in [1.29, 1.82) is 0 Å². The Morgan fingerprint density at radius 3 is 2.21 bits per heavy atom. The van der Waals surface area contributed by atoms with Crippen LogP contribution >= 0.6 is 12.2 Å². The number of rotatable bonds is 6. The highest BCUT2D eigenvalue weighted by Gasteiger charge is 2.02. The molecule has 24 heavy (non-hydrogen) atoms. The number of ether oxygens (including phenoxy) is 1. The minimum absolute atomic E-state index is 0.0555. The van der Waals surface area contributed by atoms with Crippen LogP contribution in [0.1, 0.15) is 35.3 Å². The van der Waals surface area contributed by atoms with Gasteiger partial charge in [0.2, 0.25) is 0 Å². The summed E-state index contributed by atoms with van der Waals surface area (Å²) < 4.78 is 5.74. The van der Waals surface area contributed by atoms with E-state index >= 15 is 0 Å². The van der Waals surface area contributed by atoms with Crippen molar-refractivity contribution in [3.8, 4) is 5.75 Å². The summed E-state index contributed by atoms with van der Waals surface area (Å²) in [5.41, 5.74) is 11.3. The van der Waals surface area contributed by atoms with Gasteiger partial charge in [-0.3, -0.25) is 10.2 Å². The van der Waals surface area contributed by atoms with Crippen LogP contribution < -0.4 is 15.9 Å². The van der Waals surface area contributed by atoms with Crippen LogP contribution in [0, 0.1) is 0 Å². The zero-order valence-electron chi connectivity index (χ0n) is 13.6. The van der Waals surface area contributed by atoms with E-state index in [4.69, 9.17) is 22.7 Å². The van der Waals surface area contributed by atoms with Gasteiger partial charge in [0.05, 0.1) is 5.71 Å². The number of hydrogen-bond donors (Lipinski definition) is 2. The van der Waals surface area contributed by atoms with Crippen molar-refractivity contribution in [2.45, 2.75) is 20.5 Å². The van der Waals surface area contributed by atoms with Crippen molar-refractivity contribution in [2.75, 3.05) is 0 Å². The highest BCUT2D eigenvalue weighted by molar-refractivity contribution is 7.80. The molecule has 0 saturated carbocycles. The van der Waals surface area contributed by atoms with Crippen molar-refractivity contribution < 1.29 is 9.53 Å². The summed E-state index contributed by atoms with van der Waals surface area (Å²) in [4.78, 5) is 11.2. The van der Waals surface area contributed by atoms with Crippen LogP contribution in [0.5, 0.6) is 5.75 Å². The Morgan fingerprint density at radius 2 is 1.67 bits per heavy atom. The number of carbonyl (C=O) groups excluding carboxylic acids is 1. The van der Waals surface area contributed by atoms with E-state index in [0.29, 0.717) is 12.2 Å². The van der Waals surface area contributed by atoms with E-state index in [0.717, 1.165) is 22.6 Å². The maximum atomic E-state index is 11.2. The van der Waals surface area contributed by atoms with E-state index in [-0.39, 0.29) is 10.9 Å². The number of nitrogens with two attached hydrogens (primary N) is 1. The second-order valence-corrected chi connectivity index (χ2v) is 5.68. The van der Waals surface area contributed by atoms with Crippen LogP contribution in [0.2, 0.25) is 0 Å². The SMILES string of the molecule is CC(=O)c1ccc(COc2ccc(/C(C)=N/NC(N)=S)cc2)cc1. The molecule has 2 aromatic rings. The van der Waals surface area contributed by atoms with Gasteiger partial charge in [-0.1, -0.05) is 24.3 Å². The average molecular weight is 341 g/mol. The fourth-order valence-electron chi connectivity index (χ4n) is 2.00. The summed E-state index contributed by atoms with van der Waals surface area (Å²) in [5.74, 6) is 0.810. The smallest absolute Gasteiger partial charge is 0.184 e. The fourth-order valence-corrected chi connectivity index (χ4v) is 2.04. The number of hydrogen-bond acceptors (Lipinski definition) is 4. The van der Waals surface area contributed by atoms with Gasteiger partial charge in [0, 0.05) is 5.56 Å². The molecule has 0 heterocycles. The van der Waals surface area contributed by atoms with E-state index in [2.05, 4.69) is 10.5 Å². The number of benzene rings is 2. The molecule has 124 valence electrons. The summed E-state index contributed by atoms with van der Waals surface area (Å²) in [6.45, 7) is 3.85. The normalized spacial score (nSPS) is 11.0. The van der Waals surface area contributed by atoms with Gasteiger partial charge in [-0.05, 0) is 61.5 Å². The second-order valence-electron chi connectivity index (χ2n) is 5.24. The van der Waals surface area contributed by atoms with Gasteiger partial charge < -0.3 is 10.5 Å². The number of hydrazone groups is 1. The lowest BCUT2D eigenvalue weighted by Crippen LogP contribution is -2.25. The molecule has 0 saturated heterocycles. The molecule has 0 atom stereocenters. The van der Waals surface area contributed by atoms with Crippen LogP contribution in [0.4, 0.5) is 0 Å². The van der Waals surface area contributed by atoms with Crippen molar-refractivity contribution in [3.63, 3.8) is 0 Å². The zero-order chi connectivity index (χ0) is 17.5. The van der Waals surface area contributed by atoms with Gasteiger partial charge in [-0.2, -0.15) is 5.10 Å². The molecule has 0 fully saturated rings. The molecular formula is C18H19N3O2S. The first-order chi connectivity index (χ1) is 11.5. The van der Waals surface area contributed by atoms with E-state index in [1.807, 2.05) is 43.3 Å². The van der Waals surface area contributed by atoms with E-state index in [1.54, 1.807) is 19.1 Å². The van der Waals surface area contributed by atoms with Gasteiger partial charge >= 0.3 is 0 Å². The Kier molecular flexibility index (Phi) is 6.03. The molecule has 2 rings (SSSR count). The number of ketones is 1. The number of thiocarbonyl (C=S) groups is 1. The number of nitrogens with one attached hydrogen (secondary N) is 1. The number of Topliss-reactive ketones (excluding diaryl/α,β-unsaturated/α-hetero) is 1. The van der Waals surface area contributed by atoms with Crippen molar-refractivity contribution in [3.05, 3.63) is 65.2 Å². The summed E-state index contributed by atoms with van der Waals surface area (Å²) >= 11 is 4.71. The standard InChI is InChI=1S/C18H19N3O2S/c1-12(20-21-18(19)24)15-7-9-17(10-8-15)23-11-14-3-5-16(6-4-14)13(2)22/h3-10H,11H2,1-2H3,(H3,19,21,24)/b20-12+. The fraction of sp³-hybridized carbons (Fsp3) is 0.167. The van der Waals surface area contributed by atoms with Crippen molar-refractivity contribution in [2.24, 2.45) is 10.8 Å². The Labute approximate surface area is 146 Å². The predicted octanol–water partition coefficient (Wildman–Crippen LogP) is 3.03. The molecule has 0 amide bonds. The lowest BCUT2D eigenvalue weighted by molar-refractivity contribution is 0.101. The lowest BCUT2D eigenvalue weighted by atomic mass is 10.1. The lowest BCUT2D eigenvalue weighted by Gasteiger charge is -2.08. The Morgan fingerprint density at radius 1 is 1.08 bits per heavy atom. The van der Waals surface area contributed by atoms with Crippen LogP contribution in [0.3, 0.4) is 0 Å². The highest BCUT2D eigenvalue weighted by atomic mass is 32.1. The first kappa shape index (κ1) is 17.6. The Bertz CT molecular complexity index is 753. The molecule has 0 aromatic heterocycles.